The molecule has 1 aliphatic rings. The molecule has 3 nitrogen and oxygen atoms in total. The van der Waals surface area contributed by atoms with Crippen LogP contribution in [0.2, 0.25) is 0 Å². The summed E-state index contributed by atoms with van der Waals surface area (Å²) in [5.74, 6) is 0.184. The van der Waals surface area contributed by atoms with E-state index in [9.17, 15) is 4.79 Å². The van der Waals surface area contributed by atoms with Crippen molar-refractivity contribution in [2.45, 2.75) is 46.3 Å². The third-order valence-corrected chi connectivity index (χ3v) is 5.01. The first kappa shape index (κ1) is 15.0. The number of rotatable bonds is 3. The first-order chi connectivity index (χ1) is 9.43. The van der Waals surface area contributed by atoms with E-state index in [0.29, 0.717) is 12.5 Å². The Kier molecular flexibility index (Phi) is 4.48. The van der Waals surface area contributed by atoms with E-state index < -0.39 is 0 Å². The summed E-state index contributed by atoms with van der Waals surface area (Å²) in [4.78, 5) is 12.4. The van der Waals surface area contributed by atoms with Crippen molar-refractivity contribution in [1.29, 1.82) is 0 Å². The minimum absolute atomic E-state index is 0.0546. The first-order valence-corrected chi connectivity index (χ1v) is 7.39. The molecule has 3 atom stereocenters. The second kappa shape index (κ2) is 5.96. The molecular weight excluding hydrogens is 250 g/mol. The van der Waals surface area contributed by atoms with Gasteiger partial charge in [-0.25, -0.2) is 0 Å². The smallest absolute Gasteiger partial charge is 0.309 e. The summed E-state index contributed by atoms with van der Waals surface area (Å²) >= 11 is 0. The lowest BCUT2D eigenvalue weighted by atomic mass is 9.61. The van der Waals surface area contributed by atoms with E-state index in [1.807, 2.05) is 30.3 Å². The van der Waals surface area contributed by atoms with Crippen LogP contribution in [0.25, 0.3) is 0 Å². The average Bonchev–Trinajstić information content (AvgIpc) is 2.43. The van der Waals surface area contributed by atoms with Crippen LogP contribution in [0.15, 0.2) is 30.3 Å². The summed E-state index contributed by atoms with van der Waals surface area (Å²) in [7, 11) is 0. The Morgan fingerprint density at radius 1 is 1.30 bits per heavy atom. The molecule has 1 aliphatic carbocycles. The summed E-state index contributed by atoms with van der Waals surface area (Å²) in [6, 6.07) is 9.99. The highest BCUT2D eigenvalue weighted by molar-refractivity contribution is 5.73. The van der Waals surface area contributed by atoms with E-state index >= 15 is 0 Å². The van der Waals surface area contributed by atoms with Crippen LogP contribution < -0.4 is 5.73 Å². The van der Waals surface area contributed by atoms with Crippen LogP contribution in [0.1, 0.15) is 39.2 Å². The summed E-state index contributed by atoms with van der Waals surface area (Å²) in [6.07, 6.45) is 1.72. The molecule has 0 bridgehead atoms. The van der Waals surface area contributed by atoms with Crippen LogP contribution in [0.5, 0.6) is 0 Å². The summed E-state index contributed by atoms with van der Waals surface area (Å²) in [6.45, 7) is 6.75. The van der Waals surface area contributed by atoms with Gasteiger partial charge in [-0.2, -0.15) is 0 Å². The molecule has 0 aliphatic heterocycles. The highest BCUT2D eigenvalue weighted by Gasteiger charge is 2.45. The van der Waals surface area contributed by atoms with Gasteiger partial charge in [0.1, 0.15) is 6.61 Å². The third kappa shape index (κ3) is 3.04. The van der Waals surface area contributed by atoms with Gasteiger partial charge in [0.05, 0.1) is 5.92 Å². The molecule has 3 heteroatoms. The molecule has 0 heterocycles. The topological polar surface area (TPSA) is 52.3 Å². The van der Waals surface area contributed by atoms with Crippen molar-refractivity contribution in [2.75, 3.05) is 0 Å². The number of benzene rings is 1. The predicted octanol–water partition coefficient (Wildman–Crippen LogP) is 3.13. The summed E-state index contributed by atoms with van der Waals surface area (Å²) < 4.78 is 5.51. The van der Waals surface area contributed by atoms with Crippen molar-refractivity contribution in [1.82, 2.24) is 0 Å². The van der Waals surface area contributed by atoms with Crippen molar-refractivity contribution in [2.24, 2.45) is 23.0 Å². The molecule has 0 amide bonds. The average molecular weight is 275 g/mol. The van der Waals surface area contributed by atoms with Crippen LogP contribution in [0.4, 0.5) is 0 Å². The van der Waals surface area contributed by atoms with Gasteiger partial charge in [0, 0.05) is 6.04 Å². The highest BCUT2D eigenvalue weighted by atomic mass is 16.5. The zero-order valence-corrected chi connectivity index (χ0v) is 12.6. The fourth-order valence-corrected chi connectivity index (χ4v) is 3.10. The van der Waals surface area contributed by atoms with Crippen LogP contribution in [-0.2, 0) is 16.1 Å². The molecule has 110 valence electrons. The lowest BCUT2D eigenvalue weighted by Crippen LogP contribution is -2.49. The van der Waals surface area contributed by atoms with Gasteiger partial charge in [0.25, 0.3) is 0 Å². The Hall–Kier alpha value is -1.35. The van der Waals surface area contributed by atoms with Gasteiger partial charge >= 0.3 is 5.97 Å². The molecule has 3 unspecified atom stereocenters. The molecule has 0 aromatic heterocycles. The number of carbonyl (C=O) groups is 1. The molecule has 20 heavy (non-hydrogen) atoms. The Balaban J connectivity index is 1.98. The fourth-order valence-electron chi connectivity index (χ4n) is 3.10. The number of ether oxygens (including phenoxy) is 1. The molecule has 1 fully saturated rings. The molecule has 2 rings (SSSR count). The molecule has 1 aromatic rings. The Bertz CT molecular complexity index is 455. The van der Waals surface area contributed by atoms with Crippen molar-refractivity contribution >= 4 is 5.97 Å². The number of nitrogens with two attached hydrogens (primary N) is 1. The molecule has 1 aromatic carbocycles. The molecule has 0 spiro atoms. The quantitative estimate of drug-likeness (QED) is 0.862. The van der Waals surface area contributed by atoms with Gasteiger partial charge in [0.15, 0.2) is 0 Å². The van der Waals surface area contributed by atoms with E-state index in [0.717, 1.165) is 18.4 Å². The van der Waals surface area contributed by atoms with Crippen molar-refractivity contribution in [3.8, 4) is 0 Å². The van der Waals surface area contributed by atoms with E-state index in [2.05, 4.69) is 20.8 Å². The Labute approximate surface area is 121 Å². The van der Waals surface area contributed by atoms with Crippen LogP contribution >= 0.6 is 0 Å². The van der Waals surface area contributed by atoms with Crippen LogP contribution in [-0.4, -0.2) is 12.0 Å². The van der Waals surface area contributed by atoms with Gasteiger partial charge in [0.2, 0.25) is 0 Å². The molecule has 0 saturated heterocycles. The maximum absolute atomic E-state index is 12.4. The highest BCUT2D eigenvalue weighted by Crippen LogP contribution is 2.44. The van der Waals surface area contributed by atoms with Gasteiger partial charge in [-0.3, -0.25) is 4.79 Å². The van der Waals surface area contributed by atoms with Gasteiger partial charge in [-0.15, -0.1) is 0 Å². The second-order valence-electron chi connectivity index (χ2n) is 6.50. The normalized spacial score (nSPS) is 28.9. The minimum Gasteiger partial charge on any atom is -0.461 e. The largest absolute Gasteiger partial charge is 0.461 e. The molecular formula is C17H25NO2. The SMILES string of the molecule is CC1C(N)CCC(C(=O)OCc2ccccc2)C1(C)C. The summed E-state index contributed by atoms with van der Waals surface area (Å²) in [5.41, 5.74) is 7.05. The Morgan fingerprint density at radius 2 is 1.95 bits per heavy atom. The summed E-state index contributed by atoms with van der Waals surface area (Å²) in [5, 5.41) is 0. The standard InChI is InChI=1S/C17H25NO2/c1-12-15(18)10-9-14(17(12,2)3)16(19)20-11-13-7-5-4-6-8-13/h4-8,12,14-15H,9-11,18H2,1-3H3. The van der Waals surface area contributed by atoms with Crippen molar-refractivity contribution < 1.29 is 9.53 Å². The third-order valence-electron chi connectivity index (χ3n) is 5.01. The number of esters is 1. The Morgan fingerprint density at radius 3 is 2.60 bits per heavy atom. The van der Waals surface area contributed by atoms with E-state index in [4.69, 9.17) is 10.5 Å². The zero-order chi connectivity index (χ0) is 14.8. The van der Waals surface area contributed by atoms with Gasteiger partial charge in [-0.1, -0.05) is 51.1 Å². The maximum atomic E-state index is 12.4. The van der Waals surface area contributed by atoms with Crippen molar-refractivity contribution in [3.63, 3.8) is 0 Å². The van der Waals surface area contributed by atoms with Gasteiger partial charge < -0.3 is 10.5 Å². The van der Waals surface area contributed by atoms with E-state index in [-0.39, 0.29) is 23.3 Å². The number of carbonyl (C=O) groups excluding carboxylic acids is 1. The fraction of sp³-hybridized carbons (Fsp3) is 0.588. The molecule has 1 saturated carbocycles. The monoisotopic (exact) mass is 275 g/mol. The predicted molar refractivity (Wildman–Crippen MR) is 79.9 cm³/mol. The lowest BCUT2D eigenvalue weighted by Gasteiger charge is -2.45. The minimum atomic E-state index is -0.106. The van der Waals surface area contributed by atoms with Crippen LogP contribution in [0, 0.1) is 17.3 Å². The maximum Gasteiger partial charge on any atom is 0.309 e. The molecule has 0 radical (unpaired) electrons. The number of hydrogen-bond donors (Lipinski definition) is 1. The van der Waals surface area contributed by atoms with Crippen molar-refractivity contribution in [3.05, 3.63) is 35.9 Å². The second-order valence-corrected chi connectivity index (χ2v) is 6.50. The van der Waals surface area contributed by atoms with Crippen LogP contribution in [0.3, 0.4) is 0 Å². The lowest BCUT2D eigenvalue weighted by molar-refractivity contribution is -0.158. The number of hydrogen-bond acceptors (Lipinski definition) is 3. The molecule has 2 N–H and O–H groups in total. The van der Waals surface area contributed by atoms with E-state index in [1.165, 1.54) is 0 Å². The van der Waals surface area contributed by atoms with E-state index in [1.54, 1.807) is 0 Å². The van der Waals surface area contributed by atoms with Gasteiger partial charge in [-0.05, 0) is 29.7 Å². The zero-order valence-electron chi connectivity index (χ0n) is 12.6. The first-order valence-electron chi connectivity index (χ1n) is 7.39.